The van der Waals surface area contributed by atoms with Gasteiger partial charge < -0.3 is 19.5 Å². The number of carbonyl (C=O) groups excluding carboxylic acids is 1. The Morgan fingerprint density at radius 2 is 1.93 bits per heavy atom. The Hall–Kier alpha value is -2.35. The van der Waals surface area contributed by atoms with Crippen LogP contribution in [-0.4, -0.2) is 67.8 Å². The molecule has 1 N–H and O–H groups in total. The molecular formula is C21H26N2O4S. The van der Waals surface area contributed by atoms with Crippen molar-refractivity contribution in [2.45, 2.75) is 6.10 Å². The minimum Gasteiger partial charge on any atom is -0.493 e. The van der Waals surface area contributed by atoms with Crippen molar-refractivity contribution in [3.63, 3.8) is 0 Å². The number of nitrogens with zero attached hydrogens (tertiary/aromatic N) is 2. The molecule has 1 unspecified atom stereocenters. The summed E-state index contributed by atoms with van der Waals surface area (Å²) in [7, 11) is 3.18. The van der Waals surface area contributed by atoms with Gasteiger partial charge in [0.15, 0.2) is 11.5 Å². The molecular weight excluding hydrogens is 376 g/mol. The summed E-state index contributed by atoms with van der Waals surface area (Å²) >= 11 is 1.57. The molecule has 1 aliphatic heterocycles. The Bertz CT molecular complexity index is 799. The van der Waals surface area contributed by atoms with Gasteiger partial charge in [-0.05, 0) is 35.2 Å². The number of hydrogen-bond acceptors (Lipinski definition) is 6. The zero-order chi connectivity index (χ0) is 19.9. The first-order valence-corrected chi connectivity index (χ1v) is 10.1. The van der Waals surface area contributed by atoms with Gasteiger partial charge in [0.1, 0.15) is 6.10 Å². The molecule has 1 amide bonds. The van der Waals surface area contributed by atoms with Gasteiger partial charge in [-0.1, -0.05) is 12.1 Å². The van der Waals surface area contributed by atoms with Crippen molar-refractivity contribution in [1.29, 1.82) is 0 Å². The summed E-state index contributed by atoms with van der Waals surface area (Å²) in [6.07, 6.45) is 2.92. The minimum atomic E-state index is -0.466. The van der Waals surface area contributed by atoms with Gasteiger partial charge in [0.05, 0.1) is 14.2 Å². The van der Waals surface area contributed by atoms with Crippen molar-refractivity contribution in [3.05, 3.63) is 52.2 Å². The molecule has 7 heteroatoms. The van der Waals surface area contributed by atoms with Gasteiger partial charge in [0.2, 0.25) is 5.91 Å². The summed E-state index contributed by atoms with van der Waals surface area (Å²) in [5.41, 5.74) is 0.878. The van der Waals surface area contributed by atoms with Crippen molar-refractivity contribution >= 4 is 23.3 Å². The Morgan fingerprint density at radius 1 is 1.18 bits per heavy atom. The molecule has 1 atom stereocenters. The number of methoxy groups -OCH3 is 2. The summed E-state index contributed by atoms with van der Waals surface area (Å²) in [5, 5.41) is 12.3. The molecule has 28 heavy (non-hydrogen) atoms. The number of rotatable bonds is 7. The summed E-state index contributed by atoms with van der Waals surface area (Å²) in [5.74, 6) is 1.29. The maximum Gasteiger partial charge on any atom is 0.246 e. The number of benzene rings is 1. The van der Waals surface area contributed by atoms with Crippen LogP contribution in [0.25, 0.3) is 6.08 Å². The molecule has 2 heterocycles. The number of piperazine rings is 1. The molecule has 1 aromatic carbocycles. The maximum atomic E-state index is 12.5. The van der Waals surface area contributed by atoms with Gasteiger partial charge in [-0.15, -0.1) is 11.3 Å². The van der Waals surface area contributed by atoms with E-state index in [1.807, 2.05) is 40.6 Å². The van der Waals surface area contributed by atoms with Crippen molar-refractivity contribution in [3.8, 4) is 11.5 Å². The SMILES string of the molecule is COc1ccc(C=CC(=O)N2CCN(CC(O)c3cccs3)CC2)cc1OC. The number of hydrogen-bond donors (Lipinski definition) is 1. The number of ether oxygens (including phenoxy) is 2. The predicted octanol–water partition coefficient (Wildman–Crippen LogP) is 2.66. The number of β-amino-alcohol motifs (C(OH)–C–C–N with tert-alkyl or cyclic N) is 1. The fraction of sp³-hybridized carbons (Fsp3) is 0.381. The van der Waals surface area contributed by atoms with Crippen LogP contribution in [0.4, 0.5) is 0 Å². The third kappa shape index (κ3) is 5.13. The molecule has 1 aromatic heterocycles. The highest BCUT2D eigenvalue weighted by atomic mass is 32.1. The van der Waals surface area contributed by atoms with Crippen LogP contribution >= 0.6 is 11.3 Å². The number of thiophene rings is 1. The van der Waals surface area contributed by atoms with Crippen LogP contribution in [0.2, 0.25) is 0 Å². The lowest BCUT2D eigenvalue weighted by atomic mass is 10.1. The van der Waals surface area contributed by atoms with Gasteiger partial charge >= 0.3 is 0 Å². The largest absolute Gasteiger partial charge is 0.493 e. The van der Waals surface area contributed by atoms with E-state index in [4.69, 9.17) is 9.47 Å². The fourth-order valence-corrected chi connectivity index (χ4v) is 3.90. The second-order valence-corrected chi connectivity index (χ2v) is 7.58. The van der Waals surface area contributed by atoms with Crippen LogP contribution in [0, 0.1) is 0 Å². The first-order chi connectivity index (χ1) is 13.6. The van der Waals surface area contributed by atoms with E-state index in [1.165, 1.54) is 0 Å². The molecule has 0 aliphatic carbocycles. The normalized spacial score (nSPS) is 16.3. The molecule has 6 nitrogen and oxygen atoms in total. The summed E-state index contributed by atoms with van der Waals surface area (Å²) in [6, 6.07) is 9.45. The fourth-order valence-electron chi connectivity index (χ4n) is 3.20. The minimum absolute atomic E-state index is 0.00626. The van der Waals surface area contributed by atoms with E-state index in [0.29, 0.717) is 31.1 Å². The maximum absolute atomic E-state index is 12.5. The first kappa shape index (κ1) is 20.4. The van der Waals surface area contributed by atoms with E-state index >= 15 is 0 Å². The zero-order valence-electron chi connectivity index (χ0n) is 16.2. The number of aliphatic hydroxyl groups excluding tert-OH is 1. The molecule has 0 saturated carbocycles. The molecule has 0 bridgehead atoms. The lowest BCUT2D eigenvalue weighted by molar-refractivity contribution is -0.127. The highest BCUT2D eigenvalue weighted by Crippen LogP contribution is 2.28. The Balaban J connectivity index is 1.50. The van der Waals surface area contributed by atoms with E-state index in [-0.39, 0.29) is 5.91 Å². The molecule has 1 aliphatic rings. The topological polar surface area (TPSA) is 62.2 Å². The van der Waals surface area contributed by atoms with E-state index in [2.05, 4.69) is 4.90 Å². The molecule has 3 rings (SSSR count). The van der Waals surface area contributed by atoms with Crippen LogP contribution in [0.3, 0.4) is 0 Å². The molecule has 1 fully saturated rings. The van der Waals surface area contributed by atoms with Gasteiger partial charge in [-0.2, -0.15) is 0 Å². The second-order valence-electron chi connectivity index (χ2n) is 6.60. The van der Waals surface area contributed by atoms with Crippen LogP contribution in [-0.2, 0) is 4.79 Å². The predicted molar refractivity (Wildman–Crippen MR) is 111 cm³/mol. The van der Waals surface area contributed by atoms with E-state index < -0.39 is 6.10 Å². The van der Waals surface area contributed by atoms with Gasteiger partial charge in [0, 0.05) is 43.7 Å². The standard InChI is InChI=1S/C21H26N2O4S/c1-26-18-7-5-16(14-19(18)27-2)6-8-21(25)23-11-9-22(10-12-23)15-17(24)20-4-3-13-28-20/h3-8,13-14,17,24H,9-12,15H2,1-2H3. The molecule has 150 valence electrons. The van der Waals surface area contributed by atoms with Gasteiger partial charge in [-0.3, -0.25) is 9.69 Å². The molecule has 1 saturated heterocycles. The molecule has 0 spiro atoms. The van der Waals surface area contributed by atoms with Crippen molar-refractivity contribution in [1.82, 2.24) is 9.80 Å². The van der Waals surface area contributed by atoms with Crippen LogP contribution in [0.15, 0.2) is 41.8 Å². The van der Waals surface area contributed by atoms with Crippen molar-refractivity contribution in [2.24, 2.45) is 0 Å². The summed E-state index contributed by atoms with van der Waals surface area (Å²) in [6.45, 7) is 3.44. The van der Waals surface area contributed by atoms with Crippen LogP contribution in [0.5, 0.6) is 11.5 Å². The van der Waals surface area contributed by atoms with E-state index in [0.717, 1.165) is 23.5 Å². The van der Waals surface area contributed by atoms with Crippen LogP contribution < -0.4 is 9.47 Å². The highest BCUT2D eigenvalue weighted by Gasteiger charge is 2.22. The third-order valence-corrected chi connectivity index (χ3v) is 5.79. The Morgan fingerprint density at radius 3 is 2.57 bits per heavy atom. The average Bonchev–Trinajstić information content (AvgIpc) is 3.27. The van der Waals surface area contributed by atoms with E-state index in [1.54, 1.807) is 37.7 Å². The Kier molecular flexibility index (Phi) is 7.08. The van der Waals surface area contributed by atoms with Crippen molar-refractivity contribution < 1.29 is 19.4 Å². The summed E-state index contributed by atoms with van der Waals surface area (Å²) in [4.78, 5) is 17.5. The third-order valence-electron chi connectivity index (χ3n) is 4.81. The smallest absolute Gasteiger partial charge is 0.246 e. The van der Waals surface area contributed by atoms with Gasteiger partial charge in [-0.25, -0.2) is 0 Å². The average molecular weight is 403 g/mol. The number of amides is 1. The van der Waals surface area contributed by atoms with Gasteiger partial charge in [0.25, 0.3) is 0 Å². The lowest BCUT2D eigenvalue weighted by Gasteiger charge is -2.35. The zero-order valence-corrected chi connectivity index (χ0v) is 17.0. The highest BCUT2D eigenvalue weighted by molar-refractivity contribution is 7.10. The van der Waals surface area contributed by atoms with Crippen molar-refractivity contribution in [2.75, 3.05) is 46.9 Å². The summed E-state index contributed by atoms with van der Waals surface area (Å²) < 4.78 is 10.5. The quantitative estimate of drug-likeness (QED) is 0.722. The number of aliphatic hydroxyl groups is 1. The first-order valence-electron chi connectivity index (χ1n) is 9.23. The lowest BCUT2D eigenvalue weighted by Crippen LogP contribution is -2.49. The number of carbonyl (C=O) groups is 1. The van der Waals surface area contributed by atoms with Crippen LogP contribution in [0.1, 0.15) is 16.5 Å². The second kappa shape index (κ2) is 9.73. The Labute approximate surface area is 169 Å². The molecule has 2 aromatic rings. The molecule has 0 radical (unpaired) electrons. The monoisotopic (exact) mass is 402 g/mol. The van der Waals surface area contributed by atoms with E-state index in [9.17, 15) is 9.90 Å².